The zero-order valence-electron chi connectivity index (χ0n) is 12.6. The van der Waals surface area contributed by atoms with Crippen LogP contribution >= 0.6 is 0 Å². The fourth-order valence-corrected chi connectivity index (χ4v) is 1.99. The van der Waals surface area contributed by atoms with Gasteiger partial charge < -0.3 is 19.5 Å². The van der Waals surface area contributed by atoms with Crippen LogP contribution in [0.2, 0.25) is 0 Å². The lowest BCUT2D eigenvalue weighted by Crippen LogP contribution is -2.46. The van der Waals surface area contributed by atoms with Crippen molar-refractivity contribution in [2.75, 3.05) is 13.7 Å². The van der Waals surface area contributed by atoms with Gasteiger partial charge in [0.05, 0.1) is 19.8 Å². The van der Waals surface area contributed by atoms with E-state index in [0.29, 0.717) is 0 Å². The molecule has 1 amide bonds. The monoisotopic (exact) mass is 307 g/mol. The molecule has 6 nitrogen and oxygen atoms in total. The molecule has 2 rings (SSSR count). The number of benzene rings is 1. The van der Waals surface area contributed by atoms with E-state index in [2.05, 4.69) is 10.1 Å². The van der Waals surface area contributed by atoms with Crippen molar-refractivity contribution in [1.82, 2.24) is 5.32 Å². The highest BCUT2D eigenvalue weighted by atomic mass is 16.6. The summed E-state index contributed by atoms with van der Waals surface area (Å²) in [6.07, 6.45) is 2.63. The number of hydrogen-bond donors (Lipinski definition) is 1. The SMILES string of the molecule is COC(=O)[C@@H](COC1CCC1)NC(=O)OCc1ccccc1. The molecule has 0 aliphatic heterocycles. The molecule has 1 atom stereocenters. The molecule has 0 saturated heterocycles. The van der Waals surface area contributed by atoms with Crippen LogP contribution < -0.4 is 5.32 Å². The normalized spacial score (nSPS) is 15.5. The van der Waals surface area contributed by atoms with Crippen LogP contribution in [0.1, 0.15) is 24.8 Å². The van der Waals surface area contributed by atoms with Gasteiger partial charge in [-0.3, -0.25) is 0 Å². The van der Waals surface area contributed by atoms with Crippen LogP contribution in [0.25, 0.3) is 0 Å². The molecule has 1 aliphatic rings. The minimum Gasteiger partial charge on any atom is -0.467 e. The van der Waals surface area contributed by atoms with E-state index in [-0.39, 0.29) is 19.3 Å². The molecule has 120 valence electrons. The van der Waals surface area contributed by atoms with Crippen molar-refractivity contribution in [3.05, 3.63) is 35.9 Å². The quantitative estimate of drug-likeness (QED) is 0.780. The number of amides is 1. The van der Waals surface area contributed by atoms with Crippen molar-refractivity contribution in [1.29, 1.82) is 0 Å². The third-order valence-corrected chi connectivity index (χ3v) is 3.54. The lowest BCUT2D eigenvalue weighted by molar-refractivity contribution is -0.145. The van der Waals surface area contributed by atoms with Crippen LogP contribution in [0.15, 0.2) is 30.3 Å². The van der Waals surface area contributed by atoms with Crippen molar-refractivity contribution in [3.63, 3.8) is 0 Å². The fraction of sp³-hybridized carbons (Fsp3) is 0.500. The van der Waals surface area contributed by atoms with E-state index >= 15 is 0 Å². The van der Waals surface area contributed by atoms with Crippen LogP contribution in [0.5, 0.6) is 0 Å². The van der Waals surface area contributed by atoms with Crippen LogP contribution in [-0.4, -0.2) is 37.9 Å². The van der Waals surface area contributed by atoms with Gasteiger partial charge >= 0.3 is 12.1 Å². The predicted octanol–water partition coefficient (Wildman–Crippen LogP) is 2.02. The van der Waals surface area contributed by atoms with Gasteiger partial charge in [0, 0.05) is 0 Å². The summed E-state index contributed by atoms with van der Waals surface area (Å²) in [6, 6.07) is 8.46. The third kappa shape index (κ3) is 5.04. The maximum absolute atomic E-state index is 11.8. The van der Waals surface area contributed by atoms with Gasteiger partial charge in [0.2, 0.25) is 0 Å². The Morgan fingerprint density at radius 2 is 2.00 bits per heavy atom. The Hall–Kier alpha value is -2.08. The average Bonchev–Trinajstić information content (AvgIpc) is 2.50. The Kier molecular flexibility index (Phi) is 6.21. The number of rotatable bonds is 7. The average molecular weight is 307 g/mol. The molecule has 0 spiro atoms. The molecule has 0 aromatic heterocycles. The number of esters is 1. The molecular weight excluding hydrogens is 286 g/mol. The Morgan fingerprint density at radius 1 is 1.27 bits per heavy atom. The second-order valence-corrected chi connectivity index (χ2v) is 5.17. The molecule has 0 unspecified atom stereocenters. The number of carbonyl (C=O) groups is 2. The Bertz CT molecular complexity index is 487. The highest BCUT2D eigenvalue weighted by Gasteiger charge is 2.26. The standard InChI is InChI=1S/C16H21NO5/c1-20-15(18)14(11-21-13-8-5-9-13)17-16(19)22-10-12-6-3-2-4-7-12/h2-4,6-7,13-14H,5,8-11H2,1H3,(H,17,19)/t14-/m1/s1. The van der Waals surface area contributed by atoms with Crippen LogP contribution in [0, 0.1) is 0 Å². The zero-order chi connectivity index (χ0) is 15.8. The Morgan fingerprint density at radius 3 is 2.59 bits per heavy atom. The molecule has 0 radical (unpaired) electrons. The lowest BCUT2D eigenvalue weighted by atomic mass is 9.96. The predicted molar refractivity (Wildman–Crippen MR) is 79.2 cm³/mol. The smallest absolute Gasteiger partial charge is 0.408 e. The second-order valence-electron chi connectivity index (χ2n) is 5.17. The van der Waals surface area contributed by atoms with Crippen molar-refractivity contribution in [3.8, 4) is 0 Å². The molecule has 1 aromatic carbocycles. The van der Waals surface area contributed by atoms with Gasteiger partial charge in [-0.15, -0.1) is 0 Å². The number of hydrogen-bond acceptors (Lipinski definition) is 5. The lowest BCUT2D eigenvalue weighted by Gasteiger charge is -2.27. The van der Waals surface area contributed by atoms with Crippen LogP contribution in [-0.2, 0) is 25.6 Å². The van der Waals surface area contributed by atoms with Crippen LogP contribution in [0.3, 0.4) is 0 Å². The van der Waals surface area contributed by atoms with E-state index in [1.54, 1.807) is 0 Å². The molecule has 6 heteroatoms. The summed E-state index contributed by atoms with van der Waals surface area (Å²) in [6.45, 7) is 0.238. The molecule has 1 saturated carbocycles. The van der Waals surface area contributed by atoms with Gasteiger partial charge in [-0.1, -0.05) is 30.3 Å². The number of carbonyl (C=O) groups excluding carboxylic acids is 2. The highest BCUT2D eigenvalue weighted by Crippen LogP contribution is 2.21. The summed E-state index contributed by atoms with van der Waals surface area (Å²) >= 11 is 0. The second kappa shape index (κ2) is 8.38. The number of nitrogens with one attached hydrogen (secondary N) is 1. The summed E-state index contributed by atoms with van der Waals surface area (Å²) in [4.78, 5) is 23.4. The van der Waals surface area contributed by atoms with E-state index in [1.165, 1.54) is 7.11 Å². The first-order valence-electron chi connectivity index (χ1n) is 7.35. The first-order chi connectivity index (χ1) is 10.7. The van der Waals surface area contributed by atoms with Crippen molar-refractivity contribution in [2.24, 2.45) is 0 Å². The number of methoxy groups -OCH3 is 1. The summed E-state index contributed by atoms with van der Waals surface area (Å²) in [5.41, 5.74) is 0.873. The Balaban J connectivity index is 1.77. The molecule has 0 bridgehead atoms. The van der Waals surface area contributed by atoms with Gasteiger partial charge in [0.25, 0.3) is 0 Å². The largest absolute Gasteiger partial charge is 0.467 e. The van der Waals surface area contributed by atoms with Crippen molar-refractivity contribution < 1.29 is 23.8 Å². The molecule has 22 heavy (non-hydrogen) atoms. The maximum atomic E-state index is 11.8. The molecule has 0 heterocycles. The fourth-order valence-electron chi connectivity index (χ4n) is 1.99. The molecule has 1 aliphatic carbocycles. The summed E-state index contributed by atoms with van der Waals surface area (Å²) in [5.74, 6) is -0.545. The first-order valence-corrected chi connectivity index (χ1v) is 7.35. The highest BCUT2D eigenvalue weighted by molar-refractivity contribution is 5.81. The summed E-state index contributed by atoms with van der Waals surface area (Å²) in [7, 11) is 1.27. The van der Waals surface area contributed by atoms with Gasteiger partial charge in [-0.05, 0) is 24.8 Å². The van der Waals surface area contributed by atoms with E-state index < -0.39 is 18.1 Å². The van der Waals surface area contributed by atoms with Crippen LogP contribution in [0.4, 0.5) is 4.79 Å². The van der Waals surface area contributed by atoms with Crippen molar-refractivity contribution in [2.45, 2.75) is 38.0 Å². The molecule has 1 N–H and O–H groups in total. The summed E-state index contributed by atoms with van der Waals surface area (Å²) in [5, 5.41) is 2.48. The van der Waals surface area contributed by atoms with Gasteiger partial charge in [-0.2, -0.15) is 0 Å². The van der Waals surface area contributed by atoms with E-state index in [1.807, 2.05) is 30.3 Å². The molecule has 1 aromatic rings. The topological polar surface area (TPSA) is 73.9 Å². The van der Waals surface area contributed by atoms with Crippen molar-refractivity contribution >= 4 is 12.1 Å². The molecular formula is C16H21NO5. The minimum absolute atomic E-state index is 0.0950. The van der Waals surface area contributed by atoms with Gasteiger partial charge in [0.1, 0.15) is 6.61 Å². The number of ether oxygens (including phenoxy) is 3. The van der Waals surface area contributed by atoms with E-state index in [0.717, 1.165) is 24.8 Å². The van der Waals surface area contributed by atoms with Gasteiger partial charge in [-0.25, -0.2) is 9.59 Å². The van der Waals surface area contributed by atoms with E-state index in [9.17, 15) is 9.59 Å². The Labute approximate surface area is 129 Å². The third-order valence-electron chi connectivity index (χ3n) is 3.54. The maximum Gasteiger partial charge on any atom is 0.408 e. The number of alkyl carbamates (subject to hydrolysis) is 1. The zero-order valence-corrected chi connectivity index (χ0v) is 12.6. The van der Waals surface area contributed by atoms with E-state index in [4.69, 9.17) is 9.47 Å². The first kappa shape index (κ1) is 16.3. The summed E-state index contributed by atoms with van der Waals surface area (Å²) < 4.78 is 15.3. The minimum atomic E-state index is -0.853. The van der Waals surface area contributed by atoms with Gasteiger partial charge in [0.15, 0.2) is 6.04 Å². The molecule has 1 fully saturated rings.